The zero-order valence-corrected chi connectivity index (χ0v) is 17.1. The summed E-state index contributed by atoms with van der Waals surface area (Å²) in [5.41, 5.74) is 0.640. The van der Waals surface area contributed by atoms with E-state index in [0.29, 0.717) is 17.1 Å². The van der Waals surface area contributed by atoms with Gasteiger partial charge < -0.3 is 10.4 Å². The van der Waals surface area contributed by atoms with Crippen molar-refractivity contribution in [2.45, 2.75) is 77.4 Å². The number of nitrogens with zero attached hydrogens (tertiary/aromatic N) is 2. The first-order valence-electron chi connectivity index (χ1n) is 9.34. The summed E-state index contributed by atoms with van der Waals surface area (Å²) in [5.74, 6) is 0.235. The molecule has 6 heteroatoms. The summed E-state index contributed by atoms with van der Waals surface area (Å²) in [6.07, 6.45) is 5.31. The second kappa shape index (κ2) is 6.89. The number of rotatable bonds is 3. The minimum Gasteiger partial charge on any atom is -0.390 e. The number of thiazole rings is 1. The van der Waals surface area contributed by atoms with Crippen molar-refractivity contribution in [3.8, 4) is 0 Å². The number of aliphatic hydroxyl groups is 1. The van der Waals surface area contributed by atoms with Crippen LogP contribution < -0.4 is 5.32 Å². The molecule has 1 aliphatic rings. The predicted molar refractivity (Wildman–Crippen MR) is 106 cm³/mol. The lowest BCUT2D eigenvalue weighted by molar-refractivity contribution is -0.00257. The molecule has 1 fully saturated rings. The van der Waals surface area contributed by atoms with E-state index in [4.69, 9.17) is 0 Å². The van der Waals surface area contributed by atoms with Crippen LogP contribution in [0.25, 0.3) is 10.3 Å². The second-order valence-corrected chi connectivity index (χ2v) is 10.0. The first-order chi connectivity index (χ1) is 12.0. The van der Waals surface area contributed by atoms with E-state index in [0.717, 1.165) is 35.4 Å². The van der Waals surface area contributed by atoms with Crippen molar-refractivity contribution in [3.63, 3.8) is 0 Å². The Hall–Kier alpha value is -1.53. The van der Waals surface area contributed by atoms with Gasteiger partial charge >= 0.3 is 0 Å². The Kier molecular flexibility index (Phi) is 5.10. The molecule has 3 rings (SSSR count). The van der Waals surface area contributed by atoms with Gasteiger partial charge in [0.2, 0.25) is 0 Å². The third kappa shape index (κ3) is 4.23. The van der Waals surface area contributed by atoms with Crippen molar-refractivity contribution in [2.24, 2.45) is 5.92 Å². The number of hydrogen-bond acceptors (Lipinski definition) is 5. The fraction of sp³-hybridized carbons (Fsp3) is 0.650. The topological polar surface area (TPSA) is 75.1 Å². The number of amides is 1. The number of nitrogens with one attached hydrogen (secondary N) is 1. The van der Waals surface area contributed by atoms with Crippen LogP contribution in [0.2, 0.25) is 0 Å². The minimum absolute atomic E-state index is 0.0209. The molecule has 2 aromatic rings. The molecule has 0 bridgehead atoms. The largest absolute Gasteiger partial charge is 0.390 e. The van der Waals surface area contributed by atoms with Gasteiger partial charge in [0.25, 0.3) is 5.91 Å². The average molecular weight is 376 g/mol. The Labute approximate surface area is 159 Å². The molecular weight excluding hydrogens is 346 g/mol. The lowest BCUT2D eigenvalue weighted by Crippen LogP contribution is -2.41. The van der Waals surface area contributed by atoms with E-state index in [2.05, 4.69) is 36.1 Å². The Bertz CT molecular complexity index is 793. The minimum atomic E-state index is -0.638. The SMILES string of the molecule is CC(C)(C)c1nc2ncc(C(=O)N[C@H]3CC[C@H](C(C)(C)O)CC3)cc2s1. The van der Waals surface area contributed by atoms with Crippen LogP contribution in [0.5, 0.6) is 0 Å². The van der Waals surface area contributed by atoms with Gasteiger partial charge in [0.1, 0.15) is 5.01 Å². The molecule has 2 aromatic heterocycles. The van der Waals surface area contributed by atoms with Crippen LogP contribution in [-0.4, -0.2) is 32.6 Å². The van der Waals surface area contributed by atoms with E-state index in [1.165, 1.54) is 0 Å². The number of fused-ring (bicyclic) bond motifs is 1. The van der Waals surface area contributed by atoms with Crippen LogP contribution in [-0.2, 0) is 5.41 Å². The summed E-state index contributed by atoms with van der Waals surface area (Å²) in [5, 5.41) is 14.3. The molecule has 0 aliphatic heterocycles. The van der Waals surface area contributed by atoms with E-state index >= 15 is 0 Å². The van der Waals surface area contributed by atoms with Crippen molar-refractivity contribution < 1.29 is 9.90 Å². The van der Waals surface area contributed by atoms with Crippen molar-refractivity contribution in [3.05, 3.63) is 22.8 Å². The summed E-state index contributed by atoms with van der Waals surface area (Å²) in [7, 11) is 0. The third-order valence-corrected chi connectivity index (χ3v) is 6.63. The van der Waals surface area contributed by atoms with Gasteiger partial charge in [-0.2, -0.15) is 0 Å². The van der Waals surface area contributed by atoms with Crippen LogP contribution in [0, 0.1) is 5.92 Å². The fourth-order valence-electron chi connectivity index (χ4n) is 3.48. The number of hydrogen-bond donors (Lipinski definition) is 2. The smallest absolute Gasteiger partial charge is 0.253 e. The van der Waals surface area contributed by atoms with Crippen molar-refractivity contribution >= 4 is 27.6 Å². The molecule has 2 heterocycles. The molecule has 142 valence electrons. The van der Waals surface area contributed by atoms with Crippen molar-refractivity contribution in [1.82, 2.24) is 15.3 Å². The summed E-state index contributed by atoms with van der Waals surface area (Å²) in [6.45, 7) is 10.1. The normalized spacial score (nSPS) is 21.8. The van der Waals surface area contributed by atoms with E-state index in [9.17, 15) is 9.90 Å². The fourth-order valence-corrected chi connectivity index (χ4v) is 4.50. The van der Waals surface area contributed by atoms with Crippen molar-refractivity contribution in [2.75, 3.05) is 0 Å². The van der Waals surface area contributed by atoms with Crippen LogP contribution >= 0.6 is 11.3 Å². The molecule has 1 aliphatic carbocycles. The Morgan fingerprint density at radius 1 is 1.19 bits per heavy atom. The summed E-state index contributed by atoms with van der Waals surface area (Å²) in [6, 6.07) is 2.07. The highest BCUT2D eigenvalue weighted by molar-refractivity contribution is 7.18. The average Bonchev–Trinajstić information content (AvgIpc) is 2.98. The van der Waals surface area contributed by atoms with Crippen LogP contribution in [0.15, 0.2) is 12.3 Å². The van der Waals surface area contributed by atoms with Gasteiger partial charge in [-0.15, -0.1) is 11.3 Å². The highest BCUT2D eigenvalue weighted by Crippen LogP contribution is 2.33. The maximum absolute atomic E-state index is 12.6. The third-order valence-electron chi connectivity index (χ3n) is 5.21. The molecule has 26 heavy (non-hydrogen) atoms. The lowest BCUT2D eigenvalue weighted by atomic mass is 9.77. The molecule has 0 atom stereocenters. The number of aromatic nitrogens is 2. The zero-order chi connectivity index (χ0) is 19.1. The number of pyridine rings is 1. The molecule has 1 saturated carbocycles. The molecule has 1 amide bonds. The van der Waals surface area contributed by atoms with Gasteiger partial charge in [0, 0.05) is 17.7 Å². The lowest BCUT2D eigenvalue weighted by Gasteiger charge is -2.36. The monoisotopic (exact) mass is 375 g/mol. The molecule has 0 aromatic carbocycles. The molecule has 0 spiro atoms. The molecule has 5 nitrogen and oxygen atoms in total. The highest BCUT2D eigenvalue weighted by atomic mass is 32.1. The Balaban J connectivity index is 1.67. The highest BCUT2D eigenvalue weighted by Gasteiger charge is 2.32. The molecule has 2 N–H and O–H groups in total. The zero-order valence-electron chi connectivity index (χ0n) is 16.3. The predicted octanol–water partition coefficient (Wildman–Crippen LogP) is 4.05. The maximum atomic E-state index is 12.6. The van der Waals surface area contributed by atoms with Gasteiger partial charge in [-0.25, -0.2) is 9.97 Å². The Morgan fingerprint density at radius 2 is 1.85 bits per heavy atom. The first-order valence-corrected chi connectivity index (χ1v) is 10.2. The summed E-state index contributed by atoms with van der Waals surface area (Å²) < 4.78 is 0.952. The van der Waals surface area contributed by atoms with Gasteiger partial charge in [-0.1, -0.05) is 20.8 Å². The standard InChI is InChI=1S/C20H29N3O2S/c1-19(2,3)18-23-16-15(26-18)10-12(11-21-16)17(24)22-14-8-6-13(7-9-14)20(4,5)25/h10-11,13-14,25H,6-9H2,1-5H3,(H,22,24)/t13-,14-. The van der Waals surface area contributed by atoms with Crippen LogP contribution in [0.3, 0.4) is 0 Å². The number of carbonyl (C=O) groups is 1. The maximum Gasteiger partial charge on any atom is 0.253 e. The molecular formula is C20H29N3O2S. The molecule has 0 unspecified atom stereocenters. The van der Waals surface area contributed by atoms with Gasteiger partial charge in [0.05, 0.1) is 15.9 Å². The van der Waals surface area contributed by atoms with E-state index in [1.807, 2.05) is 19.9 Å². The van der Waals surface area contributed by atoms with Crippen LogP contribution in [0.1, 0.15) is 75.7 Å². The van der Waals surface area contributed by atoms with Gasteiger partial charge in [0.15, 0.2) is 5.65 Å². The van der Waals surface area contributed by atoms with Crippen molar-refractivity contribution in [1.29, 1.82) is 0 Å². The second-order valence-electron chi connectivity index (χ2n) is 8.99. The van der Waals surface area contributed by atoms with E-state index in [1.54, 1.807) is 17.5 Å². The van der Waals surface area contributed by atoms with E-state index in [-0.39, 0.29) is 17.4 Å². The van der Waals surface area contributed by atoms with Gasteiger partial charge in [-0.05, 0) is 51.5 Å². The summed E-state index contributed by atoms with van der Waals surface area (Å²) >= 11 is 1.60. The van der Waals surface area contributed by atoms with Crippen LogP contribution in [0.4, 0.5) is 0 Å². The Morgan fingerprint density at radius 3 is 2.42 bits per heavy atom. The first kappa shape index (κ1) is 19.2. The van der Waals surface area contributed by atoms with Gasteiger partial charge in [-0.3, -0.25) is 4.79 Å². The quantitative estimate of drug-likeness (QED) is 0.849. The van der Waals surface area contributed by atoms with E-state index < -0.39 is 5.60 Å². The molecule has 0 radical (unpaired) electrons. The molecule has 0 saturated heterocycles. The summed E-state index contributed by atoms with van der Waals surface area (Å²) in [4.78, 5) is 21.6. The number of carbonyl (C=O) groups excluding carboxylic acids is 1.